The van der Waals surface area contributed by atoms with E-state index in [2.05, 4.69) is 26.1 Å². The molecule has 0 aliphatic carbocycles. The Bertz CT molecular complexity index is 658. The van der Waals surface area contributed by atoms with Gasteiger partial charge in [0.25, 0.3) is 5.91 Å². The maximum absolute atomic E-state index is 12.8. The Balaban J connectivity index is 2.38. The lowest BCUT2D eigenvalue weighted by Crippen LogP contribution is -2.44. The summed E-state index contributed by atoms with van der Waals surface area (Å²) in [7, 11) is 0. The molecule has 2 unspecified atom stereocenters. The van der Waals surface area contributed by atoms with Crippen LogP contribution in [0.1, 0.15) is 52.7 Å². The highest BCUT2D eigenvalue weighted by Crippen LogP contribution is 2.32. The predicted octanol–water partition coefficient (Wildman–Crippen LogP) is 2.73. The topological polar surface area (TPSA) is 66.5 Å². The molecule has 2 rings (SSSR count). The average Bonchev–Trinajstić information content (AvgIpc) is 2.68. The van der Waals surface area contributed by atoms with Crippen LogP contribution in [0.5, 0.6) is 0 Å². The highest BCUT2D eigenvalue weighted by molar-refractivity contribution is 6.09. The summed E-state index contributed by atoms with van der Waals surface area (Å²) in [6.45, 7) is 11.0. The zero-order valence-electron chi connectivity index (χ0n) is 14.6. The van der Waals surface area contributed by atoms with E-state index >= 15 is 0 Å². The molecule has 1 saturated heterocycles. The quantitative estimate of drug-likeness (QED) is 0.872. The van der Waals surface area contributed by atoms with Crippen molar-refractivity contribution in [1.29, 1.82) is 0 Å². The van der Waals surface area contributed by atoms with E-state index < -0.39 is 23.5 Å². The first-order valence-corrected chi connectivity index (χ1v) is 7.76. The SMILES string of the molecule is CC(=O)C(C)N1C(=O)NC(C)(c2ccc(C(C)(C)C)cc2)C1=O. The molecule has 1 heterocycles. The summed E-state index contributed by atoms with van der Waals surface area (Å²) in [5.41, 5.74) is 0.729. The van der Waals surface area contributed by atoms with Gasteiger partial charge in [-0.05, 0) is 37.3 Å². The van der Waals surface area contributed by atoms with Gasteiger partial charge in [0.05, 0.1) is 6.04 Å². The third-order valence-corrected chi connectivity index (χ3v) is 4.53. The minimum atomic E-state index is -1.14. The molecule has 1 aliphatic rings. The second kappa shape index (κ2) is 5.48. The van der Waals surface area contributed by atoms with Crippen LogP contribution in [-0.4, -0.2) is 28.7 Å². The van der Waals surface area contributed by atoms with Crippen LogP contribution in [0.15, 0.2) is 24.3 Å². The van der Waals surface area contributed by atoms with Gasteiger partial charge in [-0.25, -0.2) is 4.79 Å². The van der Waals surface area contributed by atoms with Crippen LogP contribution < -0.4 is 5.32 Å². The number of nitrogens with zero attached hydrogens (tertiary/aromatic N) is 1. The summed E-state index contributed by atoms with van der Waals surface area (Å²) in [5, 5.41) is 2.73. The number of ketones is 1. The number of hydrogen-bond acceptors (Lipinski definition) is 3. The van der Waals surface area contributed by atoms with Crippen LogP contribution in [-0.2, 0) is 20.5 Å². The fraction of sp³-hybridized carbons (Fsp3) is 0.500. The third-order valence-electron chi connectivity index (χ3n) is 4.53. The first-order chi connectivity index (χ1) is 10.5. The number of Topliss-reactive ketones (excluding diaryl/α,β-unsaturated/α-hetero) is 1. The Morgan fingerprint density at radius 3 is 2.13 bits per heavy atom. The van der Waals surface area contributed by atoms with Crippen LogP contribution in [0, 0.1) is 0 Å². The maximum Gasteiger partial charge on any atom is 0.325 e. The van der Waals surface area contributed by atoms with E-state index in [-0.39, 0.29) is 11.2 Å². The van der Waals surface area contributed by atoms with E-state index in [0.29, 0.717) is 5.56 Å². The molecule has 5 heteroatoms. The number of imide groups is 1. The van der Waals surface area contributed by atoms with E-state index in [4.69, 9.17) is 0 Å². The highest BCUT2D eigenvalue weighted by atomic mass is 16.2. The van der Waals surface area contributed by atoms with Gasteiger partial charge in [-0.15, -0.1) is 0 Å². The Labute approximate surface area is 137 Å². The minimum Gasteiger partial charge on any atom is -0.319 e. The fourth-order valence-electron chi connectivity index (χ4n) is 2.69. The van der Waals surface area contributed by atoms with Gasteiger partial charge in [-0.3, -0.25) is 14.5 Å². The largest absolute Gasteiger partial charge is 0.325 e. The zero-order chi connectivity index (χ0) is 17.6. The minimum absolute atomic E-state index is 0.0115. The highest BCUT2D eigenvalue weighted by Gasteiger charge is 2.51. The summed E-state index contributed by atoms with van der Waals surface area (Å²) in [4.78, 5) is 37.5. The molecule has 0 bridgehead atoms. The van der Waals surface area contributed by atoms with Gasteiger partial charge in [-0.2, -0.15) is 0 Å². The number of benzene rings is 1. The monoisotopic (exact) mass is 316 g/mol. The van der Waals surface area contributed by atoms with Gasteiger partial charge >= 0.3 is 6.03 Å². The molecule has 1 aromatic rings. The van der Waals surface area contributed by atoms with Crippen LogP contribution in [0.25, 0.3) is 0 Å². The molecular formula is C18H24N2O3. The van der Waals surface area contributed by atoms with Crippen molar-refractivity contribution in [1.82, 2.24) is 10.2 Å². The molecule has 0 radical (unpaired) electrons. The lowest BCUT2D eigenvalue weighted by molar-refractivity contribution is -0.136. The van der Waals surface area contributed by atoms with E-state index in [1.807, 2.05) is 24.3 Å². The molecule has 1 aromatic carbocycles. The van der Waals surface area contributed by atoms with Gasteiger partial charge in [-0.1, -0.05) is 45.0 Å². The van der Waals surface area contributed by atoms with E-state index in [0.717, 1.165) is 10.5 Å². The van der Waals surface area contributed by atoms with E-state index in [1.165, 1.54) is 6.92 Å². The Morgan fingerprint density at radius 2 is 1.70 bits per heavy atom. The van der Waals surface area contributed by atoms with Gasteiger partial charge in [0, 0.05) is 0 Å². The number of amides is 3. The fourth-order valence-corrected chi connectivity index (χ4v) is 2.69. The molecule has 0 saturated carbocycles. The molecule has 23 heavy (non-hydrogen) atoms. The van der Waals surface area contributed by atoms with Crippen molar-refractivity contribution in [2.24, 2.45) is 0 Å². The Morgan fingerprint density at radius 1 is 1.17 bits per heavy atom. The molecule has 1 fully saturated rings. The summed E-state index contributed by atoms with van der Waals surface area (Å²) in [5.74, 6) is -0.616. The van der Waals surface area contributed by atoms with Crippen LogP contribution in [0.3, 0.4) is 0 Å². The molecule has 3 amide bonds. The summed E-state index contributed by atoms with van der Waals surface area (Å²) in [6, 6.07) is 6.37. The number of hydrogen-bond donors (Lipinski definition) is 1. The summed E-state index contributed by atoms with van der Waals surface area (Å²) >= 11 is 0. The van der Waals surface area contributed by atoms with Crippen molar-refractivity contribution in [2.75, 3.05) is 0 Å². The third kappa shape index (κ3) is 2.87. The van der Waals surface area contributed by atoms with E-state index in [1.54, 1.807) is 13.8 Å². The van der Waals surface area contributed by atoms with Crippen molar-refractivity contribution in [3.63, 3.8) is 0 Å². The van der Waals surface area contributed by atoms with Crippen LogP contribution >= 0.6 is 0 Å². The lowest BCUT2D eigenvalue weighted by atomic mass is 9.84. The number of nitrogens with one attached hydrogen (secondary N) is 1. The predicted molar refractivity (Wildman–Crippen MR) is 88.0 cm³/mol. The molecule has 5 nitrogen and oxygen atoms in total. The van der Waals surface area contributed by atoms with Crippen molar-refractivity contribution < 1.29 is 14.4 Å². The lowest BCUT2D eigenvalue weighted by Gasteiger charge is -2.25. The molecule has 0 aromatic heterocycles. The molecule has 1 N–H and O–H groups in total. The first-order valence-electron chi connectivity index (χ1n) is 7.76. The summed E-state index contributed by atoms with van der Waals surface area (Å²) in [6.07, 6.45) is 0. The van der Waals surface area contributed by atoms with Gasteiger partial charge in [0.15, 0.2) is 5.78 Å². The molecular weight excluding hydrogens is 292 g/mol. The molecule has 0 spiro atoms. The van der Waals surface area contributed by atoms with Crippen LogP contribution in [0.4, 0.5) is 4.79 Å². The molecule has 2 atom stereocenters. The number of rotatable bonds is 3. The van der Waals surface area contributed by atoms with Gasteiger partial charge < -0.3 is 5.32 Å². The first kappa shape index (κ1) is 17.2. The smallest absolute Gasteiger partial charge is 0.319 e. The Hall–Kier alpha value is -2.17. The average molecular weight is 316 g/mol. The van der Waals surface area contributed by atoms with Crippen molar-refractivity contribution in [2.45, 2.75) is 58.5 Å². The van der Waals surface area contributed by atoms with Crippen molar-refractivity contribution >= 4 is 17.7 Å². The second-order valence-electron chi connectivity index (χ2n) is 7.34. The van der Waals surface area contributed by atoms with Crippen molar-refractivity contribution in [3.05, 3.63) is 35.4 Å². The molecule has 1 aliphatic heterocycles. The van der Waals surface area contributed by atoms with Gasteiger partial charge in [0.1, 0.15) is 5.54 Å². The van der Waals surface area contributed by atoms with Crippen LogP contribution in [0.2, 0.25) is 0 Å². The number of carbonyl (C=O) groups is 3. The Kier molecular flexibility index (Phi) is 4.09. The van der Waals surface area contributed by atoms with Crippen molar-refractivity contribution in [3.8, 4) is 0 Å². The molecule has 124 valence electrons. The standard InChI is InChI=1S/C18H24N2O3/c1-11(12(2)21)20-15(22)18(6,19-16(20)23)14-9-7-13(8-10-14)17(3,4)5/h7-11H,1-6H3,(H,19,23). The second-order valence-corrected chi connectivity index (χ2v) is 7.34. The number of urea groups is 1. The van der Waals surface area contributed by atoms with Gasteiger partial charge in [0.2, 0.25) is 0 Å². The van der Waals surface area contributed by atoms with E-state index in [9.17, 15) is 14.4 Å². The maximum atomic E-state index is 12.8. The zero-order valence-corrected chi connectivity index (χ0v) is 14.6. The summed E-state index contributed by atoms with van der Waals surface area (Å²) < 4.78 is 0. The normalized spacial score (nSPS) is 23.0. The number of carbonyl (C=O) groups excluding carboxylic acids is 3.